The topological polar surface area (TPSA) is 33.2 Å². The number of hydrogen-bond acceptors (Lipinski definition) is 4. The van der Waals surface area contributed by atoms with Gasteiger partial charge in [-0.05, 0) is 35.9 Å². The van der Waals surface area contributed by atoms with Crippen molar-refractivity contribution in [1.29, 1.82) is 0 Å². The summed E-state index contributed by atoms with van der Waals surface area (Å²) in [5, 5.41) is 0.886. The molecule has 1 aliphatic heterocycles. The summed E-state index contributed by atoms with van der Waals surface area (Å²) in [6, 6.07) is 8.62. The molecule has 1 aliphatic rings. The zero-order valence-electron chi connectivity index (χ0n) is 11.0. The van der Waals surface area contributed by atoms with Crippen molar-refractivity contribution in [3.8, 4) is 0 Å². The number of thiocarbonyl (C=S) groups is 1. The molecule has 0 saturated carbocycles. The van der Waals surface area contributed by atoms with E-state index in [9.17, 15) is 4.79 Å². The third kappa shape index (κ3) is 3.03. The third-order valence-electron chi connectivity index (χ3n) is 2.93. The van der Waals surface area contributed by atoms with Crippen LogP contribution in [0.4, 0.5) is 5.69 Å². The Morgan fingerprint density at radius 2 is 2.09 bits per heavy atom. The van der Waals surface area contributed by atoms with Crippen molar-refractivity contribution < 1.29 is 4.79 Å². The van der Waals surface area contributed by atoms with Crippen molar-refractivity contribution in [2.45, 2.75) is 0 Å². The maximum absolute atomic E-state index is 12.6. The second kappa shape index (κ2) is 6.38. The number of halogens is 2. The second-order valence-corrected chi connectivity index (χ2v) is 6.92. The Morgan fingerprint density at radius 3 is 2.77 bits per heavy atom. The van der Waals surface area contributed by atoms with E-state index in [4.69, 9.17) is 35.4 Å². The predicted molar refractivity (Wildman–Crippen MR) is 96.4 cm³/mol. The zero-order valence-corrected chi connectivity index (χ0v) is 14.1. The van der Waals surface area contributed by atoms with Gasteiger partial charge in [0.2, 0.25) is 0 Å². The first-order valence-electron chi connectivity index (χ1n) is 6.19. The molecule has 0 spiro atoms. The van der Waals surface area contributed by atoms with Gasteiger partial charge in [-0.2, -0.15) is 0 Å². The van der Waals surface area contributed by atoms with Crippen LogP contribution in [0.25, 0.3) is 6.08 Å². The number of amides is 1. The molecule has 1 amide bonds. The molecule has 22 heavy (non-hydrogen) atoms. The molecule has 0 atom stereocenters. The molecule has 0 radical (unpaired) electrons. The van der Waals surface area contributed by atoms with E-state index in [-0.39, 0.29) is 5.91 Å². The van der Waals surface area contributed by atoms with E-state index in [1.807, 2.05) is 12.1 Å². The van der Waals surface area contributed by atoms with E-state index in [0.717, 1.165) is 5.56 Å². The first-order chi connectivity index (χ1) is 10.6. The van der Waals surface area contributed by atoms with E-state index in [2.05, 4.69) is 4.98 Å². The average molecular weight is 367 g/mol. The predicted octanol–water partition coefficient (Wildman–Crippen LogP) is 4.79. The number of hydrogen-bond donors (Lipinski definition) is 0. The molecule has 110 valence electrons. The number of thioether (sulfide) groups is 1. The highest BCUT2D eigenvalue weighted by Crippen LogP contribution is 2.39. The summed E-state index contributed by atoms with van der Waals surface area (Å²) in [5.41, 5.74) is 1.37. The number of pyridine rings is 1. The van der Waals surface area contributed by atoms with E-state index < -0.39 is 0 Å². The SMILES string of the molecule is O=C1C(=Cc2cccnc2)SC(=S)N1c1ccc(Cl)cc1Cl. The highest BCUT2D eigenvalue weighted by Gasteiger charge is 2.34. The molecule has 1 fully saturated rings. The molecule has 1 aromatic carbocycles. The first kappa shape index (κ1) is 15.5. The fraction of sp³-hybridized carbons (Fsp3) is 0. The van der Waals surface area contributed by atoms with Crippen LogP contribution in [0.3, 0.4) is 0 Å². The lowest BCUT2D eigenvalue weighted by molar-refractivity contribution is -0.113. The van der Waals surface area contributed by atoms with E-state index in [1.54, 1.807) is 36.7 Å². The van der Waals surface area contributed by atoms with Gasteiger partial charge in [-0.1, -0.05) is 53.2 Å². The fourth-order valence-corrected chi connectivity index (χ4v) is 3.73. The molecule has 1 saturated heterocycles. The number of benzene rings is 1. The molecular formula is C15H8Cl2N2OS2. The van der Waals surface area contributed by atoms with Gasteiger partial charge in [0.1, 0.15) is 0 Å². The number of aromatic nitrogens is 1. The summed E-state index contributed by atoms with van der Waals surface area (Å²) in [6.07, 6.45) is 5.12. The van der Waals surface area contributed by atoms with Crippen LogP contribution < -0.4 is 4.90 Å². The van der Waals surface area contributed by atoms with Crippen LogP contribution in [0, 0.1) is 0 Å². The summed E-state index contributed by atoms with van der Waals surface area (Å²) < 4.78 is 0.435. The Balaban J connectivity index is 1.97. The molecule has 1 aromatic heterocycles. The second-order valence-electron chi connectivity index (χ2n) is 4.40. The number of anilines is 1. The van der Waals surface area contributed by atoms with Crippen molar-refractivity contribution in [2.75, 3.05) is 4.90 Å². The molecule has 0 unspecified atom stereocenters. The molecule has 2 heterocycles. The molecule has 2 aromatic rings. The lowest BCUT2D eigenvalue weighted by Gasteiger charge is -2.16. The Morgan fingerprint density at radius 1 is 1.27 bits per heavy atom. The highest BCUT2D eigenvalue weighted by molar-refractivity contribution is 8.27. The number of carbonyl (C=O) groups is 1. The summed E-state index contributed by atoms with van der Waals surface area (Å²) in [4.78, 5) is 18.6. The lowest BCUT2D eigenvalue weighted by Crippen LogP contribution is -2.27. The van der Waals surface area contributed by atoms with Gasteiger partial charge in [-0.25, -0.2) is 0 Å². The van der Waals surface area contributed by atoms with Gasteiger partial charge in [0.05, 0.1) is 15.6 Å². The maximum Gasteiger partial charge on any atom is 0.270 e. The number of carbonyl (C=O) groups excluding carboxylic acids is 1. The van der Waals surface area contributed by atoms with Crippen molar-refractivity contribution in [1.82, 2.24) is 4.98 Å². The maximum atomic E-state index is 12.6. The highest BCUT2D eigenvalue weighted by atomic mass is 35.5. The Hall–Kier alpha value is -1.40. The van der Waals surface area contributed by atoms with Gasteiger partial charge in [0, 0.05) is 17.4 Å². The van der Waals surface area contributed by atoms with Crippen LogP contribution in [-0.2, 0) is 4.79 Å². The molecule has 3 nitrogen and oxygen atoms in total. The van der Waals surface area contributed by atoms with E-state index in [0.29, 0.717) is 25.0 Å². The number of nitrogens with zero attached hydrogens (tertiary/aromatic N) is 2. The van der Waals surface area contributed by atoms with Crippen molar-refractivity contribution >= 4 is 69.2 Å². The molecule has 0 N–H and O–H groups in total. The van der Waals surface area contributed by atoms with Crippen molar-refractivity contribution in [2.24, 2.45) is 0 Å². The molecule has 7 heteroatoms. The third-order valence-corrected chi connectivity index (χ3v) is 4.77. The first-order valence-corrected chi connectivity index (χ1v) is 8.17. The molecule has 0 aliphatic carbocycles. The standard InChI is InChI=1S/C15H8Cl2N2OS2/c16-10-3-4-12(11(17)7-10)19-14(20)13(22-15(19)21)6-9-2-1-5-18-8-9/h1-8H. The minimum atomic E-state index is -0.205. The van der Waals surface area contributed by atoms with Gasteiger partial charge in [-0.15, -0.1) is 0 Å². The van der Waals surface area contributed by atoms with Gasteiger partial charge in [0.25, 0.3) is 5.91 Å². The summed E-state index contributed by atoms with van der Waals surface area (Å²) in [6.45, 7) is 0. The lowest BCUT2D eigenvalue weighted by atomic mass is 10.2. The smallest absolute Gasteiger partial charge is 0.268 e. The molecule has 3 rings (SSSR count). The quantitative estimate of drug-likeness (QED) is 0.564. The average Bonchev–Trinajstić information content (AvgIpc) is 2.75. The largest absolute Gasteiger partial charge is 0.270 e. The zero-order chi connectivity index (χ0) is 15.7. The normalized spacial score (nSPS) is 16.6. The van der Waals surface area contributed by atoms with Crippen molar-refractivity contribution in [3.63, 3.8) is 0 Å². The van der Waals surface area contributed by atoms with Crippen LogP contribution in [0.5, 0.6) is 0 Å². The van der Waals surface area contributed by atoms with Crippen LogP contribution in [0.2, 0.25) is 10.0 Å². The van der Waals surface area contributed by atoms with Gasteiger partial charge in [0.15, 0.2) is 4.32 Å². The van der Waals surface area contributed by atoms with E-state index >= 15 is 0 Å². The van der Waals surface area contributed by atoms with E-state index in [1.165, 1.54) is 16.7 Å². The van der Waals surface area contributed by atoms with Crippen LogP contribution >= 0.6 is 47.2 Å². The van der Waals surface area contributed by atoms with Gasteiger partial charge < -0.3 is 0 Å². The Labute approximate surface area is 146 Å². The summed E-state index contributed by atoms with van der Waals surface area (Å²) >= 11 is 18.6. The van der Waals surface area contributed by atoms with Crippen molar-refractivity contribution in [3.05, 3.63) is 63.2 Å². The summed E-state index contributed by atoms with van der Waals surface area (Å²) in [7, 11) is 0. The Kier molecular flexibility index (Phi) is 4.49. The van der Waals surface area contributed by atoms with Crippen LogP contribution in [0.1, 0.15) is 5.56 Å². The monoisotopic (exact) mass is 366 g/mol. The van der Waals surface area contributed by atoms with Gasteiger partial charge in [-0.3, -0.25) is 14.7 Å². The Bertz CT molecular complexity index is 793. The van der Waals surface area contributed by atoms with Crippen LogP contribution in [0.15, 0.2) is 47.6 Å². The molecular weight excluding hydrogens is 359 g/mol. The fourth-order valence-electron chi connectivity index (χ4n) is 1.95. The minimum absolute atomic E-state index is 0.205. The van der Waals surface area contributed by atoms with Gasteiger partial charge >= 0.3 is 0 Å². The summed E-state index contributed by atoms with van der Waals surface area (Å²) in [5.74, 6) is -0.205. The molecule has 0 bridgehead atoms. The van der Waals surface area contributed by atoms with Crippen LogP contribution in [-0.4, -0.2) is 15.2 Å². The minimum Gasteiger partial charge on any atom is -0.268 e. The number of rotatable bonds is 2.